The van der Waals surface area contributed by atoms with Crippen LogP contribution in [0, 0.1) is 0 Å². The number of aromatic nitrogens is 2. The molecule has 3 aromatic rings. The summed E-state index contributed by atoms with van der Waals surface area (Å²) in [5, 5.41) is 13.3. The van der Waals surface area contributed by atoms with Gasteiger partial charge in [0.1, 0.15) is 17.3 Å². The van der Waals surface area contributed by atoms with E-state index in [1.165, 1.54) is 11.3 Å². The third-order valence-electron chi connectivity index (χ3n) is 2.38. The standard InChI is InChI=1S/C14H11N3OS.C2H4O2/c1-2-4-11(5-3-1)18-12-6-7-13(16-10-12)17-14-15-8-9-19-14;1-2(3)4/h1-10H,(H,15,16,17);1H3,(H,3,4). The highest BCUT2D eigenvalue weighted by molar-refractivity contribution is 7.13. The number of nitrogens with zero attached hydrogens (tertiary/aromatic N) is 2. The maximum atomic E-state index is 9.00. The molecule has 3 rings (SSSR count). The van der Waals surface area contributed by atoms with E-state index in [1.54, 1.807) is 12.4 Å². The highest BCUT2D eigenvalue weighted by atomic mass is 32.1. The normalized spacial score (nSPS) is 9.43. The Labute approximate surface area is 137 Å². The lowest BCUT2D eigenvalue weighted by molar-refractivity contribution is -0.134. The molecule has 0 unspecified atom stereocenters. The van der Waals surface area contributed by atoms with Gasteiger partial charge in [-0.15, -0.1) is 11.3 Å². The van der Waals surface area contributed by atoms with E-state index in [4.69, 9.17) is 14.6 Å². The van der Waals surface area contributed by atoms with Crippen molar-refractivity contribution >= 4 is 28.3 Å². The van der Waals surface area contributed by atoms with Crippen molar-refractivity contribution < 1.29 is 14.6 Å². The lowest BCUT2D eigenvalue weighted by Crippen LogP contribution is -1.92. The van der Waals surface area contributed by atoms with Crippen molar-refractivity contribution in [3.8, 4) is 11.5 Å². The van der Waals surface area contributed by atoms with Crippen LogP contribution in [0.4, 0.5) is 10.9 Å². The van der Waals surface area contributed by atoms with Gasteiger partial charge in [0.05, 0.1) is 6.20 Å². The molecule has 0 spiro atoms. The molecule has 0 amide bonds. The first-order chi connectivity index (χ1) is 11.1. The van der Waals surface area contributed by atoms with Crippen molar-refractivity contribution in [3.05, 3.63) is 60.2 Å². The molecule has 2 N–H and O–H groups in total. The summed E-state index contributed by atoms with van der Waals surface area (Å²) in [4.78, 5) is 17.4. The molecule has 0 saturated heterocycles. The van der Waals surface area contributed by atoms with Gasteiger partial charge >= 0.3 is 0 Å². The molecule has 7 heteroatoms. The van der Waals surface area contributed by atoms with E-state index < -0.39 is 5.97 Å². The zero-order chi connectivity index (χ0) is 16.5. The largest absolute Gasteiger partial charge is 0.481 e. The molecule has 2 aromatic heterocycles. The van der Waals surface area contributed by atoms with Crippen molar-refractivity contribution in [3.63, 3.8) is 0 Å². The number of pyridine rings is 1. The zero-order valence-electron chi connectivity index (χ0n) is 12.3. The summed E-state index contributed by atoms with van der Waals surface area (Å²) < 4.78 is 5.67. The van der Waals surface area contributed by atoms with Gasteiger partial charge in [-0.05, 0) is 24.3 Å². The molecule has 0 aliphatic carbocycles. The minimum atomic E-state index is -0.833. The lowest BCUT2D eigenvalue weighted by atomic mass is 10.3. The van der Waals surface area contributed by atoms with E-state index in [9.17, 15) is 0 Å². The molecule has 0 saturated carbocycles. The van der Waals surface area contributed by atoms with E-state index in [1.807, 2.05) is 47.8 Å². The predicted molar refractivity (Wildman–Crippen MR) is 89.5 cm³/mol. The molecular weight excluding hydrogens is 314 g/mol. The van der Waals surface area contributed by atoms with Gasteiger partial charge in [-0.3, -0.25) is 4.79 Å². The number of carboxylic acids is 1. The van der Waals surface area contributed by atoms with Gasteiger partial charge in [-0.25, -0.2) is 9.97 Å². The molecule has 0 atom stereocenters. The van der Waals surface area contributed by atoms with Crippen LogP contribution in [0.25, 0.3) is 0 Å². The van der Waals surface area contributed by atoms with Gasteiger partial charge in [-0.1, -0.05) is 18.2 Å². The maximum absolute atomic E-state index is 9.00. The van der Waals surface area contributed by atoms with Crippen molar-refractivity contribution in [1.82, 2.24) is 9.97 Å². The SMILES string of the molecule is CC(=O)O.c1ccc(Oc2ccc(Nc3nccs3)nc2)cc1. The van der Waals surface area contributed by atoms with Crippen LogP contribution in [0.15, 0.2) is 60.2 Å². The van der Waals surface area contributed by atoms with Gasteiger partial charge < -0.3 is 15.2 Å². The molecule has 1 aromatic carbocycles. The molecule has 0 radical (unpaired) electrons. The molecule has 2 heterocycles. The van der Waals surface area contributed by atoms with E-state index in [2.05, 4.69) is 15.3 Å². The van der Waals surface area contributed by atoms with E-state index in [0.29, 0.717) is 5.75 Å². The van der Waals surface area contributed by atoms with Crippen LogP contribution >= 0.6 is 11.3 Å². The first-order valence-corrected chi connectivity index (χ1v) is 7.56. The van der Waals surface area contributed by atoms with Gasteiger partial charge in [0.15, 0.2) is 5.13 Å². The van der Waals surface area contributed by atoms with Crippen molar-refractivity contribution in [2.45, 2.75) is 6.92 Å². The Morgan fingerprint density at radius 1 is 1.13 bits per heavy atom. The van der Waals surface area contributed by atoms with Crippen LogP contribution in [0.3, 0.4) is 0 Å². The van der Waals surface area contributed by atoms with Crippen LogP contribution in [-0.4, -0.2) is 21.0 Å². The summed E-state index contributed by atoms with van der Waals surface area (Å²) in [5.41, 5.74) is 0. The number of carbonyl (C=O) groups is 1. The number of aliphatic carboxylic acids is 1. The van der Waals surface area contributed by atoms with E-state index >= 15 is 0 Å². The van der Waals surface area contributed by atoms with Crippen molar-refractivity contribution in [2.75, 3.05) is 5.32 Å². The molecule has 0 aliphatic rings. The van der Waals surface area contributed by atoms with Crippen LogP contribution < -0.4 is 10.1 Å². The summed E-state index contributed by atoms with van der Waals surface area (Å²) in [6, 6.07) is 13.4. The third-order valence-corrected chi connectivity index (χ3v) is 3.07. The average Bonchev–Trinajstić information content (AvgIpc) is 3.03. The van der Waals surface area contributed by atoms with E-state index in [-0.39, 0.29) is 0 Å². The van der Waals surface area contributed by atoms with Crippen molar-refractivity contribution in [2.24, 2.45) is 0 Å². The van der Waals surface area contributed by atoms with Gasteiger partial charge in [0, 0.05) is 18.5 Å². The summed E-state index contributed by atoms with van der Waals surface area (Å²) >= 11 is 1.53. The number of ether oxygens (including phenoxy) is 1. The Balaban J connectivity index is 0.000000433. The zero-order valence-corrected chi connectivity index (χ0v) is 13.2. The Kier molecular flexibility index (Phi) is 6.07. The Morgan fingerprint density at radius 3 is 2.43 bits per heavy atom. The summed E-state index contributed by atoms with van der Waals surface area (Å²) in [7, 11) is 0. The highest BCUT2D eigenvalue weighted by Gasteiger charge is 2.00. The number of thiazole rings is 1. The second kappa shape index (κ2) is 8.50. The first-order valence-electron chi connectivity index (χ1n) is 6.68. The fraction of sp³-hybridized carbons (Fsp3) is 0.0625. The minimum Gasteiger partial charge on any atom is -0.481 e. The molecule has 0 bridgehead atoms. The smallest absolute Gasteiger partial charge is 0.300 e. The van der Waals surface area contributed by atoms with E-state index in [0.717, 1.165) is 23.6 Å². The molecule has 0 fully saturated rings. The minimum absolute atomic E-state index is 0.705. The predicted octanol–water partition coefficient (Wildman–Crippen LogP) is 4.16. The third kappa shape index (κ3) is 6.15. The number of anilines is 2. The second-order valence-corrected chi connectivity index (χ2v) is 5.17. The summed E-state index contributed by atoms with van der Waals surface area (Å²) in [6.07, 6.45) is 3.43. The van der Waals surface area contributed by atoms with Gasteiger partial charge in [0.25, 0.3) is 5.97 Å². The number of carboxylic acid groups (broad SMARTS) is 1. The number of para-hydroxylation sites is 1. The Hall–Kier alpha value is -2.93. The summed E-state index contributed by atoms with van der Waals surface area (Å²) in [6.45, 7) is 1.08. The number of nitrogens with one attached hydrogen (secondary N) is 1. The number of hydrogen-bond donors (Lipinski definition) is 2. The number of rotatable bonds is 4. The van der Waals surface area contributed by atoms with Crippen LogP contribution in [0.5, 0.6) is 11.5 Å². The van der Waals surface area contributed by atoms with Crippen LogP contribution in [0.1, 0.15) is 6.92 Å². The van der Waals surface area contributed by atoms with Gasteiger partial charge in [-0.2, -0.15) is 0 Å². The molecule has 6 nitrogen and oxygen atoms in total. The number of hydrogen-bond acceptors (Lipinski definition) is 6. The Bertz CT molecular complexity index is 712. The quantitative estimate of drug-likeness (QED) is 0.747. The highest BCUT2D eigenvalue weighted by Crippen LogP contribution is 2.22. The second-order valence-electron chi connectivity index (χ2n) is 4.28. The first kappa shape index (κ1) is 16.4. The average molecular weight is 329 g/mol. The Morgan fingerprint density at radius 2 is 1.87 bits per heavy atom. The topological polar surface area (TPSA) is 84.3 Å². The fourth-order valence-corrected chi connectivity index (χ4v) is 2.07. The van der Waals surface area contributed by atoms with Crippen molar-refractivity contribution in [1.29, 1.82) is 0 Å². The van der Waals surface area contributed by atoms with Crippen LogP contribution in [0.2, 0.25) is 0 Å². The monoisotopic (exact) mass is 329 g/mol. The fourth-order valence-electron chi connectivity index (χ4n) is 1.53. The lowest BCUT2D eigenvalue weighted by Gasteiger charge is -2.06. The maximum Gasteiger partial charge on any atom is 0.300 e. The molecular formula is C16H15N3O3S. The summed E-state index contributed by atoms with van der Waals surface area (Å²) in [5.74, 6) is 1.41. The van der Waals surface area contributed by atoms with Gasteiger partial charge in [0.2, 0.25) is 0 Å². The van der Waals surface area contributed by atoms with Crippen LogP contribution in [-0.2, 0) is 4.79 Å². The molecule has 23 heavy (non-hydrogen) atoms. The molecule has 0 aliphatic heterocycles. The number of benzene rings is 1. The molecule has 118 valence electrons.